The number of piperidine rings is 1. The maximum atomic E-state index is 12.5. The number of carbonyl (C=O) groups excluding carboxylic acids is 1. The summed E-state index contributed by atoms with van der Waals surface area (Å²) < 4.78 is 0. The molecule has 0 saturated carbocycles. The van der Waals surface area contributed by atoms with E-state index in [-0.39, 0.29) is 5.91 Å². The Balaban J connectivity index is 1.71. The Kier molecular flexibility index (Phi) is 4.34. The third-order valence-corrected chi connectivity index (χ3v) is 4.34. The molecule has 2 saturated heterocycles. The number of nitrogens with zero attached hydrogens (tertiary/aromatic N) is 5. The van der Waals surface area contributed by atoms with Gasteiger partial charge in [-0.15, -0.1) is 0 Å². The van der Waals surface area contributed by atoms with Crippen LogP contribution in [0.25, 0.3) is 0 Å². The molecule has 0 aromatic carbocycles. The van der Waals surface area contributed by atoms with Gasteiger partial charge in [0.25, 0.3) is 5.91 Å². The molecule has 0 radical (unpaired) electrons. The number of anilines is 1. The minimum atomic E-state index is 0.0313. The van der Waals surface area contributed by atoms with Crippen molar-refractivity contribution in [3.05, 3.63) is 18.1 Å². The first-order valence-corrected chi connectivity index (χ1v) is 7.79. The second kappa shape index (κ2) is 6.39. The number of likely N-dealkylation sites (N-methyl/N-ethyl adjacent to an activating group) is 1. The molecule has 6 nitrogen and oxygen atoms in total. The van der Waals surface area contributed by atoms with Crippen molar-refractivity contribution in [3.8, 4) is 0 Å². The minimum Gasteiger partial charge on any atom is -0.357 e. The molecule has 21 heavy (non-hydrogen) atoms. The molecule has 2 fully saturated rings. The fraction of sp³-hybridized carbons (Fsp3) is 0.667. The van der Waals surface area contributed by atoms with Gasteiger partial charge in [0, 0.05) is 45.3 Å². The average molecular weight is 289 g/mol. The summed E-state index contributed by atoms with van der Waals surface area (Å²) in [6.07, 6.45) is 5.21. The molecular weight excluding hydrogens is 266 g/mol. The average Bonchev–Trinajstić information content (AvgIpc) is 2.56. The van der Waals surface area contributed by atoms with Crippen LogP contribution in [0, 0.1) is 0 Å². The Bertz CT molecular complexity index is 493. The van der Waals surface area contributed by atoms with Crippen molar-refractivity contribution >= 4 is 11.7 Å². The number of aromatic nitrogens is 2. The van der Waals surface area contributed by atoms with Gasteiger partial charge in [0.2, 0.25) is 0 Å². The van der Waals surface area contributed by atoms with E-state index in [1.54, 1.807) is 0 Å². The summed E-state index contributed by atoms with van der Waals surface area (Å²) in [5.41, 5.74) is 0.523. The van der Waals surface area contributed by atoms with Crippen LogP contribution >= 0.6 is 0 Å². The van der Waals surface area contributed by atoms with E-state index in [2.05, 4.69) is 26.8 Å². The predicted molar refractivity (Wildman–Crippen MR) is 81.5 cm³/mol. The van der Waals surface area contributed by atoms with E-state index in [4.69, 9.17) is 0 Å². The first-order chi connectivity index (χ1) is 10.2. The molecule has 1 aromatic rings. The second-order valence-electron chi connectivity index (χ2n) is 5.90. The van der Waals surface area contributed by atoms with E-state index in [9.17, 15) is 4.79 Å². The van der Waals surface area contributed by atoms with Crippen LogP contribution in [0.1, 0.15) is 29.8 Å². The van der Waals surface area contributed by atoms with Gasteiger partial charge in [-0.25, -0.2) is 9.97 Å². The van der Waals surface area contributed by atoms with E-state index in [1.165, 1.54) is 25.6 Å². The normalized spacial score (nSPS) is 20.6. The number of amides is 1. The molecule has 2 aliphatic heterocycles. The molecule has 0 N–H and O–H groups in total. The number of hydrogen-bond donors (Lipinski definition) is 0. The van der Waals surface area contributed by atoms with Crippen LogP contribution in [0.5, 0.6) is 0 Å². The summed E-state index contributed by atoms with van der Waals surface area (Å²) in [4.78, 5) is 27.5. The molecule has 1 amide bonds. The highest BCUT2D eigenvalue weighted by atomic mass is 16.2. The first kappa shape index (κ1) is 14.3. The largest absolute Gasteiger partial charge is 0.357 e. The van der Waals surface area contributed by atoms with Crippen LogP contribution in [0.2, 0.25) is 0 Å². The Hall–Kier alpha value is -1.69. The maximum absolute atomic E-state index is 12.5. The maximum Gasteiger partial charge on any atom is 0.272 e. The third kappa shape index (κ3) is 3.32. The van der Waals surface area contributed by atoms with Crippen LogP contribution in [-0.4, -0.2) is 72.0 Å². The molecule has 0 spiro atoms. The summed E-state index contributed by atoms with van der Waals surface area (Å²) in [6, 6.07) is 1.85. The lowest BCUT2D eigenvalue weighted by molar-refractivity contribution is 0.0658. The SMILES string of the molecule is CN1CCN(C(=O)c2cc(N3CCCCC3)ncn2)CC1. The Morgan fingerprint density at radius 3 is 2.43 bits per heavy atom. The molecular formula is C15H23N5O. The van der Waals surface area contributed by atoms with E-state index >= 15 is 0 Å². The standard InChI is InChI=1S/C15H23N5O/c1-18-7-9-20(10-8-18)15(21)13-11-14(17-12-16-13)19-5-3-2-4-6-19/h11-12H,2-10H2,1H3. The van der Waals surface area contributed by atoms with Gasteiger partial charge in [-0.2, -0.15) is 0 Å². The van der Waals surface area contributed by atoms with Crippen molar-refractivity contribution < 1.29 is 4.79 Å². The molecule has 0 unspecified atom stereocenters. The Labute approximate surface area is 125 Å². The van der Waals surface area contributed by atoms with Crippen molar-refractivity contribution in [2.75, 3.05) is 51.2 Å². The van der Waals surface area contributed by atoms with Crippen LogP contribution in [-0.2, 0) is 0 Å². The molecule has 6 heteroatoms. The molecule has 0 bridgehead atoms. The highest BCUT2D eigenvalue weighted by molar-refractivity contribution is 5.93. The first-order valence-electron chi connectivity index (χ1n) is 7.79. The zero-order valence-electron chi connectivity index (χ0n) is 12.7. The Morgan fingerprint density at radius 1 is 1.00 bits per heavy atom. The lowest BCUT2D eigenvalue weighted by Crippen LogP contribution is -2.47. The lowest BCUT2D eigenvalue weighted by Gasteiger charge is -2.32. The van der Waals surface area contributed by atoms with Crippen LogP contribution in [0.3, 0.4) is 0 Å². The smallest absolute Gasteiger partial charge is 0.272 e. The number of hydrogen-bond acceptors (Lipinski definition) is 5. The quantitative estimate of drug-likeness (QED) is 0.808. The summed E-state index contributed by atoms with van der Waals surface area (Å²) in [7, 11) is 2.08. The predicted octanol–water partition coefficient (Wildman–Crippen LogP) is 0.854. The summed E-state index contributed by atoms with van der Waals surface area (Å²) in [5.74, 6) is 0.922. The van der Waals surface area contributed by atoms with Crippen LogP contribution in [0.15, 0.2) is 12.4 Å². The molecule has 1 aromatic heterocycles. The van der Waals surface area contributed by atoms with Gasteiger partial charge < -0.3 is 14.7 Å². The van der Waals surface area contributed by atoms with Crippen molar-refractivity contribution in [1.82, 2.24) is 19.8 Å². The van der Waals surface area contributed by atoms with Crippen molar-refractivity contribution in [2.24, 2.45) is 0 Å². The summed E-state index contributed by atoms with van der Waals surface area (Å²) >= 11 is 0. The van der Waals surface area contributed by atoms with E-state index in [0.29, 0.717) is 5.69 Å². The van der Waals surface area contributed by atoms with Crippen molar-refractivity contribution in [3.63, 3.8) is 0 Å². The monoisotopic (exact) mass is 289 g/mol. The van der Waals surface area contributed by atoms with Gasteiger partial charge in [0.15, 0.2) is 0 Å². The van der Waals surface area contributed by atoms with E-state index < -0.39 is 0 Å². The fourth-order valence-corrected chi connectivity index (χ4v) is 2.93. The van der Waals surface area contributed by atoms with E-state index in [1.807, 2.05) is 11.0 Å². The zero-order valence-corrected chi connectivity index (χ0v) is 12.7. The highest BCUT2D eigenvalue weighted by Crippen LogP contribution is 2.18. The topological polar surface area (TPSA) is 52.6 Å². The van der Waals surface area contributed by atoms with Gasteiger partial charge in [-0.1, -0.05) is 0 Å². The van der Waals surface area contributed by atoms with Crippen LogP contribution in [0.4, 0.5) is 5.82 Å². The fourth-order valence-electron chi connectivity index (χ4n) is 2.93. The molecule has 0 aliphatic carbocycles. The van der Waals surface area contributed by atoms with E-state index in [0.717, 1.165) is 45.1 Å². The van der Waals surface area contributed by atoms with Gasteiger partial charge in [-0.3, -0.25) is 4.79 Å². The zero-order chi connectivity index (χ0) is 14.7. The summed E-state index contributed by atoms with van der Waals surface area (Å²) in [6.45, 7) is 5.46. The van der Waals surface area contributed by atoms with Gasteiger partial charge in [0.1, 0.15) is 17.8 Å². The van der Waals surface area contributed by atoms with Crippen molar-refractivity contribution in [1.29, 1.82) is 0 Å². The molecule has 0 atom stereocenters. The van der Waals surface area contributed by atoms with Crippen molar-refractivity contribution in [2.45, 2.75) is 19.3 Å². The molecule has 3 heterocycles. The Morgan fingerprint density at radius 2 is 1.71 bits per heavy atom. The lowest BCUT2D eigenvalue weighted by atomic mass is 10.1. The number of rotatable bonds is 2. The minimum absolute atomic E-state index is 0.0313. The summed E-state index contributed by atoms with van der Waals surface area (Å²) in [5, 5.41) is 0. The second-order valence-corrected chi connectivity index (χ2v) is 5.90. The van der Waals surface area contributed by atoms with Gasteiger partial charge in [-0.05, 0) is 26.3 Å². The number of piperazine rings is 1. The number of carbonyl (C=O) groups is 1. The van der Waals surface area contributed by atoms with Crippen LogP contribution < -0.4 is 4.90 Å². The molecule has 2 aliphatic rings. The molecule has 3 rings (SSSR count). The highest BCUT2D eigenvalue weighted by Gasteiger charge is 2.22. The van der Waals surface area contributed by atoms with Gasteiger partial charge >= 0.3 is 0 Å². The molecule has 114 valence electrons. The third-order valence-electron chi connectivity index (χ3n) is 4.34. The van der Waals surface area contributed by atoms with Gasteiger partial charge in [0.05, 0.1) is 0 Å².